The van der Waals surface area contributed by atoms with Crippen LogP contribution in [0.1, 0.15) is 24.0 Å². The Morgan fingerprint density at radius 2 is 1.52 bits per heavy atom. The van der Waals surface area contributed by atoms with Crippen molar-refractivity contribution in [1.82, 2.24) is 0 Å². The second-order valence-corrected chi connectivity index (χ2v) is 6.64. The van der Waals surface area contributed by atoms with E-state index in [1.807, 2.05) is 32.0 Å². The number of hydrogen-bond donors (Lipinski definition) is 0. The van der Waals surface area contributed by atoms with Crippen molar-refractivity contribution < 1.29 is 9.59 Å². The molecule has 1 aromatic carbocycles. The fourth-order valence-corrected chi connectivity index (χ4v) is 4.27. The van der Waals surface area contributed by atoms with E-state index < -0.39 is 0 Å². The van der Waals surface area contributed by atoms with Crippen molar-refractivity contribution in [3.63, 3.8) is 0 Å². The molecule has 0 N–H and O–H groups in total. The van der Waals surface area contributed by atoms with Crippen LogP contribution in [0.3, 0.4) is 0 Å². The van der Waals surface area contributed by atoms with Gasteiger partial charge < -0.3 is 0 Å². The highest BCUT2D eigenvalue weighted by Crippen LogP contribution is 2.50. The van der Waals surface area contributed by atoms with Gasteiger partial charge in [0.25, 0.3) is 0 Å². The molecular formula is C18H19NO2. The van der Waals surface area contributed by atoms with Crippen LogP contribution in [0.5, 0.6) is 0 Å². The normalized spacial score (nSPS) is 33.7. The van der Waals surface area contributed by atoms with Gasteiger partial charge in [-0.2, -0.15) is 0 Å². The summed E-state index contributed by atoms with van der Waals surface area (Å²) < 4.78 is 0. The fourth-order valence-electron chi connectivity index (χ4n) is 4.27. The molecular weight excluding hydrogens is 262 g/mol. The Morgan fingerprint density at radius 1 is 0.952 bits per heavy atom. The molecule has 1 saturated heterocycles. The van der Waals surface area contributed by atoms with Gasteiger partial charge in [0.15, 0.2) is 0 Å². The second kappa shape index (κ2) is 4.30. The third-order valence-electron chi connectivity index (χ3n) is 5.36. The molecule has 2 amide bonds. The van der Waals surface area contributed by atoms with E-state index in [2.05, 4.69) is 12.2 Å². The lowest BCUT2D eigenvalue weighted by molar-refractivity contribution is -0.124. The number of hydrogen-bond acceptors (Lipinski definition) is 2. The van der Waals surface area contributed by atoms with Crippen LogP contribution in [-0.4, -0.2) is 11.8 Å². The van der Waals surface area contributed by atoms with Crippen LogP contribution in [0, 0.1) is 37.5 Å². The summed E-state index contributed by atoms with van der Waals surface area (Å²) >= 11 is 0. The van der Waals surface area contributed by atoms with E-state index in [4.69, 9.17) is 0 Å². The highest BCUT2D eigenvalue weighted by molar-refractivity contribution is 6.22. The molecule has 0 spiro atoms. The van der Waals surface area contributed by atoms with Gasteiger partial charge in [0.2, 0.25) is 11.8 Å². The highest BCUT2D eigenvalue weighted by atomic mass is 16.2. The Kier molecular flexibility index (Phi) is 2.62. The monoisotopic (exact) mass is 281 g/mol. The molecule has 0 radical (unpaired) electrons. The molecule has 21 heavy (non-hydrogen) atoms. The number of allylic oxidation sites excluding steroid dienone is 2. The Balaban J connectivity index is 1.80. The molecule has 1 aliphatic heterocycles. The minimum Gasteiger partial charge on any atom is -0.274 e. The van der Waals surface area contributed by atoms with Crippen molar-refractivity contribution in [1.29, 1.82) is 0 Å². The maximum atomic E-state index is 12.9. The molecule has 0 aromatic heterocycles. The molecule has 2 bridgehead atoms. The van der Waals surface area contributed by atoms with E-state index in [1.165, 1.54) is 4.90 Å². The second-order valence-electron chi connectivity index (χ2n) is 6.64. The first-order valence-corrected chi connectivity index (χ1v) is 7.71. The molecule has 3 heteroatoms. The van der Waals surface area contributed by atoms with Crippen LogP contribution >= 0.6 is 0 Å². The van der Waals surface area contributed by atoms with Gasteiger partial charge in [-0.05, 0) is 55.7 Å². The molecule has 4 atom stereocenters. The SMILES string of the molecule is Cc1ccc(C)c(N2C(=O)[C@@H]3[C@H](C2=O)[C@@H]2C=C[C@H]3CC2)c1. The number of amides is 2. The van der Waals surface area contributed by atoms with Crippen molar-refractivity contribution in [3.05, 3.63) is 41.5 Å². The van der Waals surface area contributed by atoms with Crippen molar-refractivity contribution in [2.24, 2.45) is 23.7 Å². The quantitative estimate of drug-likeness (QED) is 0.586. The van der Waals surface area contributed by atoms with E-state index >= 15 is 0 Å². The smallest absolute Gasteiger partial charge is 0.238 e. The topological polar surface area (TPSA) is 37.4 Å². The molecule has 108 valence electrons. The Bertz CT molecular complexity index is 644. The summed E-state index contributed by atoms with van der Waals surface area (Å²) in [5.74, 6) is 0.288. The first-order chi connectivity index (χ1) is 10.1. The average molecular weight is 281 g/mol. The summed E-state index contributed by atoms with van der Waals surface area (Å²) in [5, 5.41) is 0. The maximum absolute atomic E-state index is 12.9. The molecule has 0 unspecified atom stereocenters. The number of anilines is 1. The third kappa shape index (κ3) is 1.66. The Morgan fingerprint density at radius 3 is 2.05 bits per heavy atom. The number of carbonyl (C=O) groups is 2. The van der Waals surface area contributed by atoms with Crippen molar-refractivity contribution in [3.8, 4) is 0 Å². The van der Waals surface area contributed by atoms with Gasteiger partial charge in [-0.25, -0.2) is 4.90 Å². The predicted octanol–water partition coefficient (Wildman–Crippen LogP) is 3.01. The first-order valence-electron chi connectivity index (χ1n) is 7.71. The highest BCUT2D eigenvalue weighted by Gasteiger charge is 2.57. The standard InChI is InChI=1S/C18H19NO2/c1-10-3-4-11(2)14(9-10)19-17(20)15-12-5-6-13(8-7-12)16(15)18(19)21/h3-6,9,12-13,15-16H,7-8H2,1-2H3/t12-,13+,15-,16+. The zero-order valence-corrected chi connectivity index (χ0v) is 12.4. The van der Waals surface area contributed by atoms with Crippen molar-refractivity contribution >= 4 is 17.5 Å². The van der Waals surface area contributed by atoms with Crippen LogP contribution in [-0.2, 0) is 9.59 Å². The number of fused-ring (bicyclic) bond motifs is 1. The molecule has 5 rings (SSSR count). The summed E-state index contributed by atoms with van der Waals surface area (Å²) in [4.78, 5) is 27.2. The number of nitrogens with zero attached hydrogens (tertiary/aromatic N) is 1. The average Bonchev–Trinajstić information content (AvgIpc) is 2.77. The van der Waals surface area contributed by atoms with E-state index in [9.17, 15) is 9.59 Å². The molecule has 1 saturated carbocycles. The third-order valence-corrected chi connectivity index (χ3v) is 5.36. The number of imide groups is 1. The van der Waals surface area contributed by atoms with Gasteiger partial charge in [0.1, 0.15) is 0 Å². The lowest BCUT2D eigenvalue weighted by Crippen LogP contribution is -2.38. The van der Waals surface area contributed by atoms with Gasteiger partial charge in [0.05, 0.1) is 17.5 Å². The van der Waals surface area contributed by atoms with Gasteiger partial charge in [-0.3, -0.25) is 9.59 Å². The van der Waals surface area contributed by atoms with Crippen LogP contribution < -0.4 is 4.90 Å². The van der Waals surface area contributed by atoms with Crippen LogP contribution in [0.2, 0.25) is 0 Å². The summed E-state index contributed by atoms with van der Waals surface area (Å²) in [6, 6.07) is 5.96. The van der Waals surface area contributed by atoms with E-state index in [0.29, 0.717) is 0 Å². The van der Waals surface area contributed by atoms with E-state index in [-0.39, 0.29) is 35.5 Å². The van der Waals surface area contributed by atoms with E-state index in [0.717, 1.165) is 29.7 Å². The number of carbonyl (C=O) groups excluding carboxylic acids is 2. The zero-order valence-electron chi connectivity index (χ0n) is 12.4. The summed E-state index contributed by atoms with van der Waals surface area (Å²) in [6.07, 6.45) is 6.41. The van der Waals surface area contributed by atoms with Gasteiger partial charge in [-0.15, -0.1) is 0 Å². The molecule has 1 heterocycles. The zero-order chi connectivity index (χ0) is 14.7. The Labute approximate surface area is 124 Å². The summed E-state index contributed by atoms with van der Waals surface area (Å²) in [7, 11) is 0. The lowest BCUT2D eigenvalue weighted by atomic mass is 9.63. The van der Waals surface area contributed by atoms with Gasteiger partial charge in [0, 0.05) is 0 Å². The first kappa shape index (κ1) is 12.8. The lowest BCUT2D eigenvalue weighted by Gasteiger charge is -2.38. The minimum atomic E-state index is -0.124. The largest absolute Gasteiger partial charge is 0.274 e. The van der Waals surface area contributed by atoms with Crippen LogP contribution in [0.4, 0.5) is 5.69 Å². The van der Waals surface area contributed by atoms with Crippen molar-refractivity contribution in [2.45, 2.75) is 26.7 Å². The molecule has 4 aliphatic rings. The molecule has 3 aliphatic carbocycles. The number of aryl methyl sites for hydroxylation is 2. The van der Waals surface area contributed by atoms with E-state index in [1.54, 1.807) is 0 Å². The predicted molar refractivity (Wildman–Crippen MR) is 80.7 cm³/mol. The van der Waals surface area contributed by atoms with Crippen LogP contribution in [0.25, 0.3) is 0 Å². The Hall–Kier alpha value is -1.90. The summed E-state index contributed by atoms with van der Waals surface area (Å²) in [5.41, 5.74) is 2.84. The maximum Gasteiger partial charge on any atom is 0.238 e. The molecule has 1 aromatic rings. The van der Waals surface area contributed by atoms with Crippen molar-refractivity contribution in [2.75, 3.05) is 4.90 Å². The molecule has 3 nitrogen and oxygen atoms in total. The number of benzene rings is 1. The molecule has 2 fully saturated rings. The van der Waals surface area contributed by atoms with Gasteiger partial charge >= 0.3 is 0 Å². The summed E-state index contributed by atoms with van der Waals surface area (Å²) in [6.45, 7) is 3.95. The van der Waals surface area contributed by atoms with Crippen LogP contribution in [0.15, 0.2) is 30.4 Å². The fraction of sp³-hybridized carbons (Fsp3) is 0.444. The van der Waals surface area contributed by atoms with Gasteiger partial charge in [-0.1, -0.05) is 24.3 Å². The minimum absolute atomic E-state index is 0.0118. The number of rotatable bonds is 1.